The molecular weight excluding hydrogens is 276 g/mol. The monoisotopic (exact) mass is 294 g/mol. The lowest BCUT2D eigenvalue weighted by Gasteiger charge is -2.13. The van der Waals surface area contributed by atoms with Gasteiger partial charge in [0.1, 0.15) is 5.00 Å². The molecule has 20 heavy (non-hydrogen) atoms. The minimum Gasteiger partial charge on any atom is -0.465 e. The number of carbonyl (C=O) groups excluding carboxylic acids is 2. The van der Waals surface area contributed by atoms with Crippen LogP contribution >= 0.6 is 11.3 Å². The van der Waals surface area contributed by atoms with E-state index in [4.69, 9.17) is 4.74 Å². The topological polar surface area (TPSA) is 67.4 Å². The van der Waals surface area contributed by atoms with Gasteiger partial charge in [0.2, 0.25) is 5.91 Å². The number of anilines is 1. The van der Waals surface area contributed by atoms with Crippen molar-refractivity contribution >= 4 is 28.2 Å². The Morgan fingerprint density at radius 1 is 1.45 bits per heavy atom. The number of carbonyl (C=O) groups is 2. The Morgan fingerprint density at radius 3 is 2.95 bits per heavy atom. The number of hydrogen-bond donors (Lipinski definition) is 2. The van der Waals surface area contributed by atoms with E-state index in [0.717, 1.165) is 42.8 Å². The summed E-state index contributed by atoms with van der Waals surface area (Å²) < 4.78 is 4.87. The van der Waals surface area contributed by atoms with Crippen LogP contribution in [0.25, 0.3) is 0 Å². The maximum atomic E-state index is 12.0. The van der Waals surface area contributed by atoms with Gasteiger partial charge in [-0.3, -0.25) is 4.79 Å². The number of methoxy groups -OCH3 is 1. The smallest absolute Gasteiger partial charge is 0.341 e. The van der Waals surface area contributed by atoms with Crippen molar-refractivity contribution in [3.63, 3.8) is 0 Å². The van der Waals surface area contributed by atoms with Gasteiger partial charge < -0.3 is 15.4 Å². The van der Waals surface area contributed by atoms with E-state index >= 15 is 0 Å². The van der Waals surface area contributed by atoms with Gasteiger partial charge >= 0.3 is 5.97 Å². The first-order valence-electron chi connectivity index (χ1n) is 6.92. The number of hydrogen-bond acceptors (Lipinski definition) is 5. The van der Waals surface area contributed by atoms with Gasteiger partial charge in [-0.05, 0) is 37.3 Å². The summed E-state index contributed by atoms with van der Waals surface area (Å²) in [6.07, 6.45) is 3.64. The van der Waals surface area contributed by atoms with Gasteiger partial charge in [-0.2, -0.15) is 0 Å². The summed E-state index contributed by atoms with van der Waals surface area (Å²) in [7, 11) is 1.38. The van der Waals surface area contributed by atoms with Crippen LogP contribution in [0.1, 0.15) is 40.1 Å². The van der Waals surface area contributed by atoms with Gasteiger partial charge in [0, 0.05) is 17.8 Å². The van der Waals surface area contributed by atoms with Crippen LogP contribution < -0.4 is 10.6 Å². The quantitative estimate of drug-likeness (QED) is 0.833. The first-order chi connectivity index (χ1) is 9.69. The molecule has 0 unspecified atom stereocenters. The molecule has 0 atom stereocenters. The third kappa shape index (κ3) is 2.71. The second kappa shape index (κ2) is 5.54. The van der Waals surface area contributed by atoms with E-state index in [1.54, 1.807) is 0 Å². The van der Waals surface area contributed by atoms with E-state index in [9.17, 15) is 9.59 Å². The fourth-order valence-corrected chi connectivity index (χ4v) is 3.72. The molecule has 0 bridgehead atoms. The predicted octanol–water partition coefficient (Wildman–Crippen LogP) is 1.92. The number of thiophene rings is 1. The molecule has 1 aromatic rings. The lowest BCUT2D eigenvalue weighted by molar-refractivity contribution is -0.116. The Balaban J connectivity index is 1.85. The largest absolute Gasteiger partial charge is 0.465 e. The molecular formula is C14H18N2O3S. The average Bonchev–Trinajstić information content (AvgIpc) is 3.17. The second-order valence-corrected chi connectivity index (χ2v) is 6.43. The maximum Gasteiger partial charge on any atom is 0.341 e. The first kappa shape index (κ1) is 13.6. The molecule has 0 saturated heterocycles. The van der Waals surface area contributed by atoms with Crippen LogP contribution in [0, 0.1) is 5.92 Å². The normalized spacial score (nSPS) is 17.4. The second-order valence-electron chi connectivity index (χ2n) is 5.32. The van der Waals surface area contributed by atoms with E-state index in [0.29, 0.717) is 22.9 Å². The third-order valence-corrected chi connectivity index (χ3v) is 4.89. The summed E-state index contributed by atoms with van der Waals surface area (Å²) in [5, 5.41) is 6.83. The number of ether oxygens (including phenoxy) is 1. The van der Waals surface area contributed by atoms with Crippen molar-refractivity contribution in [1.82, 2.24) is 5.32 Å². The van der Waals surface area contributed by atoms with E-state index in [2.05, 4.69) is 10.6 Å². The highest BCUT2D eigenvalue weighted by Crippen LogP contribution is 2.37. The van der Waals surface area contributed by atoms with Gasteiger partial charge in [-0.25, -0.2) is 4.79 Å². The van der Waals surface area contributed by atoms with Crippen LogP contribution in [0.4, 0.5) is 5.00 Å². The number of esters is 1. The molecule has 2 heterocycles. The van der Waals surface area contributed by atoms with Crippen molar-refractivity contribution in [2.24, 2.45) is 5.92 Å². The van der Waals surface area contributed by atoms with Crippen molar-refractivity contribution in [2.75, 3.05) is 19.0 Å². The number of amides is 1. The Labute approximate surface area is 121 Å². The molecule has 1 aromatic heterocycles. The molecule has 2 N–H and O–H groups in total. The fraction of sp³-hybridized carbons (Fsp3) is 0.571. The highest BCUT2D eigenvalue weighted by atomic mass is 32.1. The summed E-state index contributed by atoms with van der Waals surface area (Å²) in [4.78, 5) is 25.1. The van der Waals surface area contributed by atoms with Gasteiger partial charge in [0.25, 0.3) is 0 Å². The first-order valence-corrected chi connectivity index (χ1v) is 7.74. The number of nitrogens with one attached hydrogen (secondary N) is 2. The van der Waals surface area contributed by atoms with Crippen molar-refractivity contribution < 1.29 is 14.3 Å². The predicted molar refractivity (Wildman–Crippen MR) is 77.0 cm³/mol. The summed E-state index contributed by atoms with van der Waals surface area (Å²) in [6, 6.07) is 0. The maximum absolute atomic E-state index is 12.0. The molecule has 1 amide bonds. The standard InChI is InChI=1S/C14H18N2O3S/c1-19-14(18)12-9-4-5-15-7-10(9)20-13(12)16-11(17)6-8-2-3-8/h8,15H,2-7H2,1H3,(H,16,17). The molecule has 5 nitrogen and oxygen atoms in total. The zero-order valence-corrected chi connectivity index (χ0v) is 12.3. The van der Waals surface area contributed by atoms with Crippen LogP contribution in [-0.4, -0.2) is 25.5 Å². The third-order valence-electron chi connectivity index (χ3n) is 3.74. The minimum absolute atomic E-state index is 0.00390. The zero-order valence-electron chi connectivity index (χ0n) is 11.5. The molecule has 108 valence electrons. The van der Waals surface area contributed by atoms with E-state index < -0.39 is 0 Å². The van der Waals surface area contributed by atoms with Crippen molar-refractivity contribution in [3.05, 3.63) is 16.0 Å². The lowest BCUT2D eigenvalue weighted by Crippen LogP contribution is -2.23. The molecule has 0 aromatic carbocycles. The fourth-order valence-electron chi connectivity index (χ4n) is 2.50. The van der Waals surface area contributed by atoms with Crippen molar-refractivity contribution in [3.8, 4) is 0 Å². The molecule has 2 aliphatic rings. The zero-order chi connectivity index (χ0) is 14.1. The van der Waals surface area contributed by atoms with Crippen LogP contribution in [0.3, 0.4) is 0 Å². The van der Waals surface area contributed by atoms with Crippen LogP contribution in [-0.2, 0) is 22.5 Å². The minimum atomic E-state index is -0.355. The summed E-state index contributed by atoms with van der Waals surface area (Å²) in [6.45, 7) is 1.60. The van der Waals surface area contributed by atoms with E-state index in [1.807, 2.05) is 0 Å². The van der Waals surface area contributed by atoms with Crippen molar-refractivity contribution in [2.45, 2.75) is 32.2 Å². The van der Waals surface area contributed by atoms with Gasteiger partial charge in [0.05, 0.1) is 12.7 Å². The lowest BCUT2D eigenvalue weighted by atomic mass is 10.0. The summed E-state index contributed by atoms with van der Waals surface area (Å²) in [5.74, 6) is 0.183. The average molecular weight is 294 g/mol. The van der Waals surface area contributed by atoms with Crippen LogP contribution in [0.2, 0.25) is 0 Å². The molecule has 1 saturated carbocycles. The molecule has 0 radical (unpaired) electrons. The van der Waals surface area contributed by atoms with Crippen LogP contribution in [0.15, 0.2) is 0 Å². The molecule has 3 rings (SSSR count). The van der Waals surface area contributed by atoms with Crippen molar-refractivity contribution in [1.29, 1.82) is 0 Å². The molecule has 1 aliphatic heterocycles. The number of rotatable bonds is 4. The number of fused-ring (bicyclic) bond motifs is 1. The summed E-state index contributed by atoms with van der Waals surface area (Å²) in [5.41, 5.74) is 1.58. The van der Waals surface area contributed by atoms with Crippen LogP contribution in [0.5, 0.6) is 0 Å². The molecule has 6 heteroatoms. The van der Waals surface area contributed by atoms with E-state index in [-0.39, 0.29) is 11.9 Å². The molecule has 1 aliphatic carbocycles. The Hall–Kier alpha value is -1.40. The van der Waals surface area contributed by atoms with Gasteiger partial charge in [-0.1, -0.05) is 0 Å². The van der Waals surface area contributed by atoms with Gasteiger partial charge in [0.15, 0.2) is 0 Å². The Kier molecular flexibility index (Phi) is 3.76. The Bertz CT molecular complexity index is 549. The van der Waals surface area contributed by atoms with E-state index in [1.165, 1.54) is 18.4 Å². The molecule has 1 fully saturated rings. The van der Waals surface area contributed by atoms with Gasteiger partial charge in [-0.15, -0.1) is 11.3 Å². The summed E-state index contributed by atoms with van der Waals surface area (Å²) >= 11 is 1.49. The highest BCUT2D eigenvalue weighted by Gasteiger charge is 2.29. The SMILES string of the molecule is COC(=O)c1c(NC(=O)CC2CC2)sc2c1CCNC2. The Morgan fingerprint density at radius 2 is 2.25 bits per heavy atom. The highest BCUT2D eigenvalue weighted by molar-refractivity contribution is 7.17. The molecule has 0 spiro atoms.